The van der Waals surface area contributed by atoms with Gasteiger partial charge in [-0.1, -0.05) is 12.1 Å². The fourth-order valence-corrected chi connectivity index (χ4v) is 2.30. The average molecular weight is 331 g/mol. The van der Waals surface area contributed by atoms with Gasteiger partial charge >= 0.3 is 0 Å². The van der Waals surface area contributed by atoms with Gasteiger partial charge in [-0.3, -0.25) is 20.0 Å². The average Bonchev–Trinajstić information content (AvgIpc) is 2.60. The number of nitro benzene ring substituents is 1. The van der Waals surface area contributed by atoms with Gasteiger partial charge in [-0.15, -0.1) is 0 Å². The molecule has 2 rings (SSSR count). The van der Waals surface area contributed by atoms with Crippen LogP contribution in [-0.2, 0) is 0 Å². The minimum absolute atomic E-state index is 0.0377. The van der Waals surface area contributed by atoms with Crippen LogP contribution in [-0.4, -0.2) is 46.2 Å². The van der Waals surface area contributed by atoms with Crippen LogP contribution in [0.5, 0.6) is 5.75 Å². The highest BCUT2D eigenvalue weighted by molar-refractivity contribution is 5.37. The van der Waals surface area contributed by atoms with Crippen molar-refractivity contribution >= 4 is 5.69 Å². The minimum Gasteiger partial charge on any atom is -0.491 e. The molecule has 1 aromatic carbocycles. The van der Waals surface area contributed by atoms with Crippen molar-refractivity contribution in [2.75, 3.05) is 20.2 Å². The van der Waals surface area contributed by atoms with Crippen molar-refractivity contribution in [2.24, 2.45) is 0 Å². The summed E-state index contributed by atoms with van der Waals surface area (Å²) in [7, 11) is 1.91. The van der Waals surface area contributed by atoms with E-state index in [1.54, 1.807) is 24.5 Å². The van der Waals surface area contributed by atoms with Gasteiger partial charge in [-0.25, -0.2) is 0 Å². The van der Waals surface area contributed by atoms with Crippen molar-refractivity contribution < 1.29 is 14.8 Å². The molecule has 0 bridgehead atoms. The molecule has 2 unspecified atom stereocenters. The molecule has 0 fully saturated rings. The second kappa shape index (κ2) is 8.37. The number of hydrogen-bond donors (Lipinski definition) is 1. The maximum absolute atomic E-state index is 10.7. The first-order valence-corrected chi connectivity index (χ1v) is 7.63. The molecule has 0 amide bonds. The fourth-order valence-electron chi connectivity index (χ4n) is 2.30. The number of pyridine rings is 1. The zero-order valence-corrected chi connectivity index (χ0v) is 13.7. The zero-order chi connectivity index (χ0) is 17.5. The van der Waals surface area contributed by atoms with Crippen LogP contribution >= 0.6 is 0 Å². The second-order valence-electron chi connectivity index (χ2n) is 5.62. The lowest BCUT2D eigenvalue weighted by atomic mass is 10.1. The molecule has 0 aliphatic rings. The highest BCUT2D eigenvalue weighted by Crippen LogP contribution is 2.20. The molecule has 1 heterocycles. The van der Waals surface area contributed by atoms with Crippen LogP contribution in [0.4, 0.5) is 5.69 Å². The Hall–Kier alpha value is -2.51. The van der Waals surface area contributed by atoms with E-state index in [0.29, 0.717) is 12.3 Å². The first kappa shape index (κ1) is 17.8. The molecule has 1 aromatic heterocycles. The summed E-state index contributed by atoms with van der Waals surface area (Å²) < 4.78 is 5.45. The monoisotopic (exact) mass is 331 g/mol. The van der Waals surface area contributed by atoms with Crippen molar-refractivity contribution in [1.82, 2.24) is 9.88 Å². The molecule has 24 heavy (non-hydrogen) atoms. The van der Waals surface area contributed by atoms with Crippen molar-refractivity contribution in [3.8, 4) is 5.75 Å². The van der Waals surface area contributed by atoms with Gasteiger partial charge in [0.15, 0.2) is 0 Å². The molecule has 7 nitrogen and oxygen atoms in total. The smallest absolute Gasteiger partial charge is 0.273 e. The Morgan fingerprint density at radius 1 is 1.38 bits per heavy atom. The lowest BCUT2D eigenvalue weighted by Gasteiger charge is -2.27. The summed E-state index contributed by atoms with van der Waals surface area (Å²) in [6.45, 7) is 2.50. The molecule has 2 aromatic rings. The van der Waals surface area contributed by atoms with Gasteiger partial charge in [-0.05, 0) is 31.7 Å². The number of aliphatic hydroxyl groups is 1. The molecule has 1 N–H and O–H groups in total. The van der Waals surface area contributed by atoms with E-state index in [2.05, 4.69) is 4.98 Å². The lowest BCUT2D eigenvalue weighted by Crippen LogP contribution is -2.34. The largest absolute Gasteiger partial charge is 0.491 e. The molecule has 128 valence electrons. The highest BCUT2D eigenvalue weighted by Gasteiger charge is 2.16. The zero-order valence-electron chi connectivity index (χ0n) is 13.7. The van der Waals surface area contributed by atoms with E-state index in [0.717, 1.165) is 5.56 Å². The normalized spacial score (nSPS) is 13.5. The third-order valence-corrected chi connectivity index (χ3v) is 3.80. The quantitative estimate of drug-likeness (QED) is 0.590. The molecule has 0 saturated carbocycles. The van der Waals surface area contributed by atoms with E-state index < -0.39 is 11.0 Å². The van der Waals surface area contributed by atoms with Crippen LogP contribution in [0, 0.1) is 10.1 Å². The summed E-state index contributed by atoms with van der Waals surface area (Å²) in [5.41, 5.74) is 1.02. The Kier molecular flexibility index (Phi) is 6.22. The van der Waals surface area contributed by atoms with E-state index in [9.17, 15) is 15.2 Å². The molecule has 0 radical (unpaired) electrons. The van der Waals surface area contributed by atoms with Crippen molar-refractivity contribution in [3.05, 3.63) is 64.5 Å². The summed E-state index contributed by atoms with van der Waals surface area (Å²) in [6.07, 6.45) is 2.80. The van der Waals surface area contributed by atoms with Crippen LogP contribution in [0.25, 0.3) is 0 Å². The predicted octanol–water partition coefficient (Wildman–Crippen LogP) is 2.42. The van der Waals surface area contributed by atoms with E-state index in [1.807, 2.05) is 31.0 Å². The molecule has 0 aliphatic heterocycles. The number of nitrogens with zero attached hydrogens (tertiary/aromatic N) is 3. The van der Waals surface area contributed by atoms with Crippen LogP contribution in [0.1, 0.15) is 18.5 Å². The third-order valence-electron chi connectivity index (χ3n) is 3.80. The summed E-state index contributed by atoms with van der Waals surface area (Å²) in [5.74, 6) is 0.367. The summed E-state index contributed by atoms with van der Waals surface area (Å²) >= 11 is 0. The Bertz CT molecular complexity index is 666. The number of rotatable bonds is 8. The number of aliphatic hydroxyl groups excluding tert-OH is 1. The van der Waals surface area contributed by atoms with Gasteiger partial charge in [0.2, 0.25) is 0 Å². The van der Waals surface area contributed by atoms with Gasteiger partial charge in [0, 0.05) is 31.0 Å². The Morgan fingerprint density at radius 2 is 2.17 bits per heavy atom. The SMILES string of the molecule is CC(c1cccnc1)N(C)CC(O)COc1cccc([N+](=O)[O-])c1. The number of aromatic nitrogens is 1. The van der Waals surface area contributed by atoms with Crippen molar-refractivity contribution in [2.45, 2.75) is 19.1 Å². The third kappa shape index (κ3) is 5.00. The van der Waals surface area contributed by atoms with Gasteiger partial charge < -0.3 is 9.84 Å². The minimum atomic E-state index is -0.714. The number of hydrogen-bond acceptors (Lipinski definition) is 6. The molecular weight excluding hydrogens is 310 g/mol. The van der Waals surface area contributed by atoms with Crippen LogP contribution in [0.2, 0.25) is 0 Å². The van der Waals surface area contributed by atoms with Crippen LogP contribution in [0.15, 0.2) is 48.8 Å². The first-order valence-electron chi connectivity index (χ1n) is 7.63. The molecule has 0 spiro atoms. The summed E-state index contributed by atoms with van der Waals surface area (Å²) in [6, 6.07) is 9.88. The Labute approximate surface area is 140 Å². The highest BCUT2D eigenvalue weighted by atomic mass is 16.6. The standard InChI is InChI=1S/C17H21N3O4/c1-13(14-5-4-8-18-10-14)19(2)11-16(21)12-24-17-7-3-6-15(9-17)20(22)23/h3-10,13,16,21H,11-12H2,1-2H3. The van der Waals surface area contributed by atoms with Crippen molar-refractivity contribution in [1.29, 1.82) is 0 Å². The van der Waals surface area contributed by atoms with E-state index >= 15 is 0 Å². The molecule has 2 atom stereocenters. The van der Waals surface area contributed by atoms with Gasteiger partial charge in [-0.2, -0.15) is 0 Å². The predicted molar refractivity (Wildman–Crippen MR) is 89.9 cm³/mol. The Morgan fingerprint density at radius 3 is 2.83 bits per heavy atom. The summed E-state index contributed by atoms with van der Waals surface area (Å²) in [5, 5.41) is 20.9. The topological polar surface area (TPSA) is 88.7 Å². The van der Waals surface area contributed by atoms with Gasteiger partial charge in [0.1, 0.15) is 18.5 Å². The van der Waals surface area contributed by atoms with Crippen LogP contribution in [0.3, 0.4) is 0 Å². The number of ether oxygens (including phenoxy) is 1. The van der Waals surface area contributed by atoms with E-state index in [4.69, 9.17) is 4.74 Å². The van der Waals surface area contributed by atoms with E-state index in [1.165, 1.54) is 12.1 Å². The molecule has 7 heteroatoms. The van der Waals surface area contributed by atoms with Crippen LogP contribution < -0.4 is 4.74 Å². The first-order chi connectivity index (χ1) is 11.5. The molecule has 0 saturated heterocycles. The second-order valence-corrected chi connectivity index (χ2v) is 5.62. The number of nitro groups is 1. The summed E-state index contributed by atoms with van der Waals surface area (Å²) in [4.78, 5) is 16.4. The van der Waals surface area contributed by atoms with Crippen molar-refractivity contribution in [3.63, 3.8) is 0 Å². The number of benzene rings is 1. The molecule has 0 aliphatic carbocycles. The maximum Gasteiger partial charge on any atom is 0.273 e. The lowest BCUT2D eigenvalue weighted by molar-refractivity contribution is -0.384. The Balaban J connectivity index is 1.85. The maximum atomic E-state index is 10.7. The number of likely N-dealkylation sites (N-methyl/N-ethyl adjacent to an activating group) is 1. The van der Waals surface area contributed by atoms with E-state index in [-0.39, 0.29) is 18.3 Å². The fraction of sp³-hybridized carbons (Fsp3) is 0.353. The van der Waals surface area contributed by atoms with Gasteiger partial charge in [0.25, 0.3) is 5.69 Å². The molecular formula is C17H21N3O4. The number of non-ortho nitro benzene ring substituents is 1. The van der Waals surface area contributed by atoms with Gasteiger partial charge in [0.05, 0.1) is 11.0 Å².